The maximum atomic E-state index is 4.67. The molecule has 1 unspecified atom stereocenters. The second kappa shape index (κ2) is 8.73. The number of guanidine groups is 1. The molecule has 22 heavy (non-hydrogen) atoms. The van der Waals surface area contributed by atoms with E-state index in [0.717, 1.165) is 31.3 Å². The topological polar surface area (TPSA) is 52.6 Å². The second-order valence-electron chi connectivity index (χ2n) is 5.77. The lowest BCUT2D eigenvalue weighted by molar-refractivity contribution is 0.267. The number of nitrogens with zero attached hydrogens (tertiary/aromatic N) is 3. The first-order valence-electron chi connectivity index (χ1n) is 8.41. The Kier molecular flexibility index (Phi) is 6.65. The van der Waals surface area contributed by atoms with Crippen LogP contribution in [-0.4, -0.2) is 48.1 Å². The first-order valence-corrected chi connectivity index (χ1v) is 8.41. The van der Waals surface area contributed by atoms with Gasteiger partial charge in [0.2, 0.25) is 0 Å². The zero-order valence-corrected chi connectivity index (χ0v) is 14.1. The van der Waals surface area contributed by atoms with Crippen LogP contribution in [0.2, 0.25) is 0 Å². The maximum Gasteiger partial charge on any atom is 0.191 e. The molecule has 5 heteroatoms. The molecule has 1 aromatic rings. The van der Waals surface area contributed by atoms with E-state index in [-0.39, 0.29) is 0 Å². The predicted molar refractivity (Wildman–Crippen MR) is 92.1 cm³/mol. The fourth-order valence-electron chi connectivity index (χ4n) is 2.94. The van der Waals surface area contributed by atoms with Gasteiger partial charge in [0.15, 0.2) is 5.96 Å². The van der Waals surface area contributed by atoms with Crippen LogP contribution in [0.4, 0.5) is 0 Å². The van der Waals surface area contributed by atoms with Crippen molar-refractivity contribution >= 4 is 5.96 Å². The van der Waals surface area contributed by atoms with E-state index in [2.05, 4.69) is 52.3 Å². The van der Waals surface area contributed by atoms with E-state index < -0.39 is 0 Å². The lowest BCUT2D eigenvalue weighted by atomic mass is 10.2. The summed E-state index contributed by atoms with van der Waals surface area (Å²) in [5, 5.41) is 6.81. The van der Waals surface area contributed by atoms with Crippen molar-refractivity contribution < 1.29 is 0 Å². The van der Waals surface area contributed by atoms with Crippen molar-refractivity contribution in [2.45, 2.75) is 46.2 Å². The Morgan fingerprint density at radius 2 is 2.27 bits per heavy atom. The number of likely N-dealkylation sites (N-methyl/N-ethyl adjacent to an activating group) is 1. The average Bonchev–Trinajstić information content (AvgIpc) is 2.99. The average molecular weight is 303 g/mol. The van der Waals surface area contributed by atoms with Gasteiger partial charge in [0.25, 0.3) is 0 Å². The van der Waals surface area contributed by atoms with Gasteiger partial charge in [-0.1, -0.05) is 13.0 Å². The van der Waals surface area contributed by atoms with Crippen LogP contribution >= 0.6 is 0 Å². The second-order valence-corrected chi connectivity index (χ2v) is 5.77. The van der Waals surface area contributed by atoms with Crippen LogP contribution in [0.5, 0.6) is 0 Å². The Morgan fingerprint density at radius 3 is 3.00 bits per heavy atom. The van der Waals surface area contributed by atoms with Crippen molar-refractivity contribution in [3.05, 3.63) is 29.6 Å². The van der Waals surface area contributed by atoms with E-state index >= 15 is 0 Å². The van der Waals surface area contributed by atoms with Crippen molar-refractivity contribution in [2.24, 2.45) is 4.99 Å². The molecule has 0 amide bonds. The minimum absolute atomic E-state index is 0.615. The fourth-order valence-corrected chi connectivity index (χ4v) is 2.94. The molecular formula is C17H29N5. The van der Waals surface area contributed by atoms with Gasteiger partial charge in [-0.3, -0.25) is 9.88 Å². The third-order valence-corrected chi connectivity index (χ3v) is 4.26. The van der Waals surface area contributed by atoms with Gasteiger partial charge in [-0.25, -0.2) is 4.99 Å². The van der Waals surface area contributed by atoms with Gasteiger partial charge in [-0.2, -0.15) is 0 Å². The predicted octanol–water partition coefficient (Wildman–Crippen LogP) is 1.93. The third-order valence-electron chi connectivity index (χ3n) is 4.26. The van der Waals surface area contributed by atoms with Crippen molar-refractivity contribution in [2.75, 3.05) is 26.2 Å². The molecule has 0 radical (unpaired) electrons. The SMILES string of the molecule is CCNC(=NCc1ncccc1C)NCC1CCCN1CC. The van der Waals surface area contributed by atoms with Gasteiger partial charge in [0.05, 0.1) is 12.2 Å². The number of aryl methyl sites for hydroxylation is 1. The number of pyridine rings is 1. The Hall–Kier alpha value is -1.62. The van der Waals surface area contributed by atoms with E-state index in [9.17, 15) is 0 Å². The number of aliphatic imine (C=N–C) groups is 1. The standard InChI is InChI=1S/C17H29N5/c1-4-18-17(20-12-15-9-7-11-22(15)5-2)21-13-16-14(3)8-6-10-19-16/h6,8,10,15H,4-5,7,9,11-13H2,1-3H3,(H2,18,20,21). The van der Waals surface area contributed by atoms with Crippen LogP contribution in [0.1, 0.15) is 37.9 Å². The summed E-state index contributed by atoms with van der Waals surface area (Å²) < 4.78 is 0. The zero-order valence-electron chi connectivity index (χ0n) is 14.1. The highest BCUT2D eigenvalue weighted by atomic mass is 15.2. The Morgan fingerprint density at radius 1 is 1.41 bits per heavy atom. The normalized spacial score (nSPS) is 19.4. The van der Waals surface area contributed by atoms with Crippen molar-refractivity contribution in [1.82, 2.24) is 20.5 Å². The Balaban J connectivity index is 1.91. The van der Waals surface area contributed by atoms with Crippen LogP contribution in [-0.2, 0) is 6.54 Å². The molecule has 1 fully saturated rings. The van der Waals surface area contributed by atoms with Gasteiger partial charge >= 0.3 is 0 Å². The lowest BCUT2D eigenvalue weighted by Gasteiger charge is -2.24. The molecule has 122 valence electrons. The van der Waals surface area contributed by atoms with E-state index in [4.69, 9.17) is 0 Å². The first-order chi connectivity index (χ1) is 10.7. The maximum absolute atomic E-state index is 4.67. The van der Waals surface area contributed by atoms with Crippen molar-refractivity contribution in [3.63, 3.8) is 0 Å². The van der Waals surface area contributed by atoms with E-state index in [0.29, 0.717) is 12.6 Å². The molecule has 1 aliphatic heterocycles. The number of nitrogens with one attached hydrogen (secondary N) is 2. The monoisotopic (exact) mass is 303 g/mol. The minimum atomic E-state index is 0.615. The molecule has 0 aliphatic carbocycles. The molecule has 1 saturated heterocycles. The van der Waals surface area contributed by atoms with Crippen molar-refractivity contribution in [3.8, 4) is 0 Å². The van der Waals surface area contributed by atoms with E-state index in [1.807, 2.05) is 12.3 Å². The highest BCUT2D eigenvalue weighted by Crippen LogP contribution is 2.15. The number of likely N-dealkylation sites (tertiary alicyclic amines) is 1. The molecule has 2 rings (SSSR count). The van der Waals surface area contributed by atoms with Crippen LogP contribution in [0.3, 0.4) is 0 Å². The molecule has 0 aromatic carbocycles. The smallest absolute Gasteiger partial charge is 0.191 e. The Labute approximate surface area is 134 Å². The van der Waals surface area contributed by atoms with Gasteiger partial charge in [0.1, 0.15) is 0 Å². The minimum Gasteiger partial charge on any atom is -0.357 e. The molecule has 0 spiro atoms. The molecule has 5 nitrogen and oxygen atoms in total. The number of hydrogen-bond donors (Lipinski definition) is 2. The summed E-state index contributed by atoms with van der Waals surface area (Å²) in [6.45, 7) is 11.2. The zero-order chi connectivity index (χ0) is 15.8. The van der Waals surface area contributed by atoms with Gasteiger partial charge in [0, 0.05) is 25.3 Å². The highest BCUT2D eigenvalue weighted by molar-refractivity contribution is 5.79. The Bertz CT molecular complexity index is 486. The molecule has 1 aromatic heterocycles. The van der Waals surface area contributed by atoms with E-state index in [1.165, 1.54) is 24.9 Å². The third kappa shape index (κ3) is 4.70. The van der Waals surface area contributed by atoms with Crippen LogP contribution < -0.4 is 10.6 Å². The fraction of sp³-hybridized carbons (Fsp3) is 0.647. The molecule has 1 aliphatic rings. The van der Waals surface area contributed by atoms with Crippen LogP contribution in [0, 0.1) is 6.92 Å². The summed E-state index contributed by atoms with van der Waals surface area (Å²) in [4.78, 5) is 11.6. The molecule has 2 N–H and O–H groups in total. The molecule has 2 heterocycles. The number of aromatic nitrogens is 1. The summed E-state index contributed by atoms with van der Waals surface area (Å²) >= 11 is 0. The summed E-state index contributed by atoms with van der Waals surface area (Å²) in [6, 6.07) is 4.67. The molecule has 0 saturated carbocycles. The summed E-state index contributed by atoms with van der Waals surface area (Å²) in [5.41, 5.74) is 2.23. The number of rotatable bonds is 6. The van der Waals surface area contributed by atoms with Crippen molar-refractivity contribution in [1.29, 1.82) is 0 Å². The van der Waals surface area contributed by atoms with Gasteiger partial charge in [-0.15, -0.1) is 0 Å². The molecule has 1 atom stereocenters. The quantitative estimate of drug-likeness (QED) is 0.623. The largest absolute Gasteiger partial charge is 0.357 e. The summed E-state index contributed by atoms with van der Waals surface area (Å²) in [6.07, 6.45) is 4.41. The first kappa shape index (κ1) is 16.7. The highest BCUT2D eigenvalue weighted by Gasteiger charge is 2.22. The molecular weight excluding hydrogens is 274 g/mol. The van der Waals surface area contributed by atoms with Crippen LogP contribution in [0.15, 0.2) is 23.3 Å². The summed E-state index contributed by atoms with van der Waals surface area (Å²) in [5.74, 6) is 0.885. The van der Waals surface area contributed by atoms with E-state index in [1.54, 1.807) is 0 Å². The molecule has 0 bridgehead atoms. The van der Waals surface area contributed by atoms with Gasteiger partial charge < -0.3 is 10.6 Å². The van der Waals surface area contributed by atoms with Gasteiger partial charge in [-0.05, 0) is 51.4 Å². The summed E-state index contributed by atoms with van der Waals surface area (Å²) in [7, 11) is 0. The number of hydrogen-bond acceptors (Lipinski definition) is 3. The lowest BCUT2D eigenvalue weighted by Crippen LogP contribution is -2.44. The van der Waals surface area contributed by atoms with Crippen LogP contribution in [0.25, 0.3) is 0 Å².